The van der Waals surface area contributed by atoms with Crippen LogP contribution in [0, 0.1) is 11.3 Å². The molecule has 1 aliphatic carbocycles. The third kappa shape index (κ3) is 9.03. The molecule has 8 heteroatoms. The quantitative estimate of drug-likeness (QED) is 0.205. The SMILES string of the molecule is C=COCOCC1CCC(OC(=O)C(C)(C)CC)C(OCOCCC(=O)O)C1. The van der Waals surface area contributed by atoms with Gasteiger partial charge < -0.3 is 28.8 Å². The molecule has 0 aromatic carbocycles. The number of aliphatic carboxylic acids is 1. The predicted octanol–water partition coefficient (Wildman–Crippen LogP) is 3.10. The van der Waals surface area contributed by atoms with Crippen molar-refractivity contribution in [2.75, 3.05) is 26.8 Å². The second-order valence-corrected chi connectivity index (χ2v) is 7.56. The normalized spacial score (nSPS) is 22.5. The van der Waals surface area contributed by atoms with Crippen molar-refractivity contribution >= 4 is 11.9 Å². The number of carboxylic acid groups (broad SMARTS) is 1. The highest BCUT2D eigenvalue weighted by Gasteiger charge is 2.37. The zero-order chi connectivity index (χ0) is 21.0. The molecule has 8 nitrogen and oxygen atoms in total. The molecule has 0 aromatic heterocycles. The third-order valence-electron chi connectivity index (χ3n) is 4.98. The van der Waals surface area contributed by atoms with Gasteiger partial charge in [0.15, 0.2) is 6.79 Å². The molecule has 1 N–H and O–H groups in total. The van der Waals surface area contributed by atoms with Gasteiger partial charge in [-0.1, -0.05) is 13.5 Å². The van der Waals surface area contributed by atoms with Gasteiger partial charge >= 0.3 is 11.9 Å². The maximum atomic E-state index is 12.5. The first kappa shape index (κ1) is 24.4. The van der Waals surface area contributed by atoms with E-state index in [2.05, 4.69) is 6.58 Å². The van der Waals surface area contributed by atoms with Gasteiger partial charge in [0.1, 0.15) is 12.9 Å². The molecule has 0 bridgehead atoms. The molecular formula is C20H34O8. The van der Waals surface area contributed by atoms with E-state index in [-0.39, 0.29) is 50.7 Å². The molecule has 0 aliphatic heterocycles. The Hall–Kier alpha value is -1.64. The summed E-state index contributed by atoms with van der Waals surface area (Å²) in [5.41, 5.74) is -0.551. The van der Waals surface area contributed by atoms with Gasteiger partial charge in [0.2, 0.25) is 0 Å². The van der Waals surface area contributed by atoms with Crippen LogP contribution >= 0.6 is 0 Å². The molecule has 28 heavy (non-hydrogen) atoms. The van der Waals surface area contributed by atoms with Crippen LogP contribution in [0.5, 0.6) is 0 Å². The number of hydrogen-bond acceptors (Lipinski definition) is 7. The first-order valence-corrected chi connectivity index (χ1v) is 9.72. The highest BCUT2D eigenvalue weighted by molar-refractivity contribution is 5.76. The maximum Gasteiger partial charge on any atom is 0.311 e. The van der Waals surface area contributed by atoms with Crippen molar-refractivity contribution in [3.8, 4) is 0 Å². The van der Waals surface area contributed by atoms with E-state index in [1.54, 1.807) is 0 Å². The lowest BCUT2D eigenvalue weighted by molar-refractivity contribution is -0.186. The summed E-state index contributed by atoms with van der Waals surface area (Å²) in [5.74, 6) is -0.925. The third-order valence-corrected chi connectivity index (χ3v) is 4.98. The van der Waals surface area contributed by atoms with Crippen molar-refractivity contribution in [3.63, 3.8) is 0 Å². The van der Waals surface area contributed by atoms with Gasteiger partial charge in [-0.25, -0.2) is 0 Å². The number of ether oxygens (including phenoxy) is 5. The second-order valence-electron chi connectivity index (χ2n) is 7.56. The Kier molecular flexibility index (Phi) is 11.1. The molecule has 0 heterocycles. The number of carbonyl (C=O) groups is 2. The molecule has 1 saturated carbocycles. The molecule has 0 spiro atoms. The summed E-state index contributed by atoms with van der Waals surface area (Å²) in [7, 11) is 0. The van der Waals surface area contributed by atoms with Gasteiger partial charge in [-0.15, -0.1) is 0 Å². The van der Waals surface area contributed by atoms with E-state index < -0.39 is 11.4 Å². The number of rotatable bonds is 14. The predicted molar refractivity (Wildman–Crippen MR) is 101 cm³/mol. The summed E-state index contributed by atoms with van der Waals surface area (Å²) in [6.07, 6.45) is 3.40. The van der Waals surface area contributed by atoms with Crippen LogP contribution in [0.4, 0.5) is 0 Å². The first-order valence-electron chi connectivity index (χ1n) is 9.72. The van der Waals surface area contributed by atoms with E-state index in [1.165, 1.54) is 6.26 Å². The summed E-state index contributed by atoms with van der Waals surface area (Å²) in [6.45, 7) is 9.81. The minimum absolute atomic E-state index is 0.0453. The van der Waals surface area contributed by atoms with Gasteiger partial charge in [0, 0.05) is 0 Å². The summed E-state index contributed by atoms with van der Waals surface area (Å²) in [5, 5.41) is 8.65. The topological polar surface area (TPSA) is 101 Å². The van der Waals surface area contributed by atoms with Gasteiger partial charge in [0.05, 0.1) is 37.4 Å². The van der Waals surface area contributed by atoms with E-state index in [4.69, 9.17) is 28.8 Å². The van der Waals surface area contributed by atoms with E-state index in [0.29, 0.717) is 25.9 Å². The summed E-state index contributed by atoms with van der Waals surface area (Å²) < 4.78 is 27.2. The zero-order valence-electron chi connectivity index (χ0n) is 17.2. The Balaban J connectivity index is 2.57. The minimum atomic E-state index is -0.926. The molecule has 0 radical (unpaired) electrons. The Morgan fingerprint density at radius 1 is 1.18 bits per heavy atom. The first-order chi connectivity index (χ1) is 13.3. The molecule has 0 aromatic rings. The molecule has 0 saturated heterocycles. The zero-order valence-corrected chi connectivity index (χ0v) is 17.2. The highest BCUT2D eigenvalue weighted by Crippen LogP contribution is 2.31. The second kappa shape index (κ2) is 12.7. The Morgan fingerprint density at radius 2 is 1.93 bits per heavy atom. The lowest BCUT2D eigenvalue weighted by atomic mass is 9.85. The molecule has 1 fully saturated rings. The van der Waals surface area contributed by atoms with Crippen molar-refractivity contribution in [1.82, 2.24) is 0 Å². The number of carboxylic acids is 1. The fourth-order valence-corrected chi connectivity index (χ4v) is 2.75. The van der Waals surface area contributed by atoms with E-state index >= 15 is 0 Å². The number of hydrogen-bond donors (Lipinski definition) is 1. The average Bonchev–Trinajstić information content (AvgIpc) is 2.66. The number of carbonyl (C=O) groups excluding carboxylic acids is 1. The molecular weight excluding hydrogens is 368 g/mol. The van der Waals surface area contributed by atoms with Gasteiger partial charge in [-0.2, -0.15) is 0 Å². The van der Waals surface area contributed by atoms with Crippen LogP contribution in [-0.4, -0.2) is 56.1 Å². The van der Waals surface area contributed by atoms with E-state index in [0.717, 1.165) is 6.42 Å². The lowest BCUT2D eigenvalue weighted by Crippen LogP contribution is -2.43. The lowest BCUT2D eigenvalue weighted by Gasteiger charge is -2.36. The fraction of sp³-hybridized carbons (Fsp3) is 0.800. The van der Waals surface area contributed by atoms with Gasteiger partial charge in [0.25, 0.3) is 0 Å². The summed E-state index contributed by atoms with van der Waals surface area (Å²) in [4.78, 5) is 23.0. The van der Waals surface area contributed by atoms with Gasteiger partial charge in [-0.05, 0) is 45.4 Å². The van der Waals surface area contributed by atoms with Crippen molar-refractivity contribution in [3.05, 3.63) is 12.8 Å². The molecule has 0 amide bonds. The summed E-state index contributed by atoms with van der Waals surface area (Å²) >= 11 is 0. The average molecular weight is 402 g/mol. The molecule has 1 rings (SSSR count). The van der Waals surface area contributed by atoms with Crippen LogP contribution in [0.2, 0.25) is 0 Å². The maximum absolute atomic E-state index is 12.5. The monoisotopic (exact) mass is 402 g/mol. The smallest absolute Gasteiger partial charge is 0.311 e. The van der Waals surface area contributed by atoms with Crippen LogP contribution in [0.3, 0.4) is 0 Å². The Labute approximate surface area is 167 Å². The van der Waals surface area contributed by atoms with Gasteiger partial charge in [-0.3, -0.25) is 9.59 Å². The van der Waals surface area contributed by atoms with Crippen LogP contribution in [0.25, 0.3) is 0 Å². The van der Waals surface area contributed by atoms with Crippen LogP contribution in [0.15, 0.2) is 12.8 Å². The standard InChI is InChI=1S/C20H34O8/c1-5-20(3,4)19(23)28-16-8-7-15(12-26-13-24-6-2)11-17(16)27-14-25-10-9-18(21)22/h6,15-17H,2,5,7-14H2,1,3-4H3,(H,21,22). The number of esters is 1. The highest BCUT2D eigenvalue weighted by atomic mass is 16.7. The van der Waals surface area contributed by atoms with Crippen LogP contribution in [-0.2, 0) is 33.3 Å². The largest absolute Gasteiger partial charge is 0.481 e. The Bertz CT molecular complexity index is 491. The Morgan fingerprint density at radius 3 is 2.57 bits per heavy atom. The van der Waals surface area contributed by atoms with Crippen molar-refractivity contribution in [2.45, 2.75) is 65.1 Å². The van der Waals surface area contributed by atoms with E-state index in [1.807, 2.05) is 20.8 Å². The summed E-state index contributed by atoms with van der Waals surface area (Å²) in [6, 6.07) is 0. The molecule has 162 valence electrons. The molecule has 3 unspecified atom stereocenters. The van der Waals surface area contributed by atoms with E-state index in [9.17, 15) is 9.59 Å². The molecule has 3 atom stereocenters. The van der Waals surface area contributed by atoms with Crippen molar-refractivity contribution in [1.29, 1.82) is 0 Å². The fourth-order valence-electron chi connectivity index (χ4n) is 2.75. The van der Waals surface area contributed by atoms with Crippen LogP contribution in [0.1, 0.15) is 52.9 Å². The van der Waals surface area contributed by atoms with Crippen LogP contribution < -0.4 is 0 Å². The molecule has 1 aliphatic rings. The minimum Gasteiger partial charge on any atom is -0.481 e. The van der Waals surface area contributed by atoms with Crippen molar-refractivity contribution < 1.29 is 38.4 Å². The van der Waals surface area contributed by atoms with Crippen molar-refractivity contribution in [2.24, 2.45) is 11.3 Å².